The molecule has 3 aliphatic rings. The highest BCUT2D eigenvalue weighted by molar-refractivity contribution is 6.00. The van der Waals surface area contributed by atoms with Gasteiger partial charge in [-0.2, -0.15) is 0 Å². The number of rotatable bonds is 1. The maximum Gasteiger partial charge on any atom is 0.163 e. The van der Waals surface area contributed by atoms with Gasteiger partial charge in [0, 0.05) is 70.5 Å². The number of fused-ring (bicyclic) bond motifs is 11. The molecule has 0 saturated heterocycles. The Bertz CT molecular complexity index is 2660. The van der Waals surface area contributed by atoms with Crippen molar-refractivity contribution in [2.24, 2.45) is 12.9 Å². The number of nitrogen functional groups attached to an aromatic ring is 1. The first-order valence-corrected chi connectivity index (χ1v) is 18.8. The summed E-state index contributed by atoms with van der Waals surface area (Å²) < 4.78 is 2.34. The molecule has 5 heteroatoms. The van der Waals surface area contributed by atoms with Crippen molar-refractivity contribution < 1.29 is 4.79 Å². The normalized spacial score (nSPS) is 12.6. The van der Waals surface area contributed by atoms with Gasteiger partial charge in [-0.25, -0.2) is 0 Å². The summed E-state index contributed by atoms with van der Waals surface area (Å²) in [5, 5.41) is 2.81. The Labute approximate surface area is 317 Å². The molecule has 0 saturated carbocycles. The molecule has 0 amide bonds. The lowest BCUT2D eigenvalue weighted by atomic mass is 10.1. The van der Waals surface area contributed by atoms with Crippen molar-refractivity contribution >= 4 is 33.3 Å². The number of aryl methyl sites for hydroxylation is 5. The fourth-order valence-corrected chi connectivity index (χ4v) is 8.18. The van der Waals surface area contributed by atoms with Gasteiger partial charge in [-0.15, -0.1) is 0 Å². The van der Waals surface area contributed by atoms with Gasteiger partial charge in [-0.1, -0.05) is 114 Å². The van der Waals surface area contributed by atoms with Gasteiger partial charge < -0.3 is 15.0 Å². The molecule has 2 heterocycles. The van der Waals surface area contributed by atoms with E-state index in [1.165, 1.54) is 88.8 Å². The molecule has 0 atom stereocenters. The van der Waals surface area contributed by atoms with Crippen LogP contribution in [0.1, 0.15) is 61.3 Å². The summed E-state index contributed by atoms with van der Waals surface area (Å²) in [6, 6.07) is 46.6. The summed E-state index contributed by atoms with van der Waals surface area (Å²) in [7, 11) is 2.18. The zero-order chi connectivity index (χ0) is 37.3. The fraction of sp³-hybridized carbons (Fsp3) is 0.163. The minimum Gasteiger partial charge on any atom is -0.354 e. The first kappa shape index (κ1) is 34.9. The number of nitrogens with zero attached hydrogens (tertiary/aromatic N) is 1. The van der Waals surface area contributed by atoms with E-state index in [1.807, 2.05) is 55.5 Å². The Morgan fingerprint density at radius 3 is 1.87 bits per heavy atom. The van der Waals surface area contributed by atoms with Crippen molar-refractivity contribution in [2.45, 2.75) is 46.5 Å². The molecular formula is C49H46N4O. The standard InChI is InChI=1S/C17H15N.C16H13N.C9H8O.C7H10N2/c1-11-7-8-16-14(9-11)15-10-12-5-3-4-6-13(12)17(15)18(16)2;1-10-6-7-15-13(8-10)14-9-11-4-2-3-5-12(11)16(14)17-15;10-9-6-5-7-3-1-2-4-8(7)9;1-6-2-4-7(9-8)5-3-6/h3-9H,10H2,1-2H3;2-8,17H,9H2,1H3;1-4H,5-6H2;2-5,9H,8H2,1H3. The van der Waals surface area contributed by atoms with Crippen LogP contribution in [0.4, 0.5) is 5.69 Å². The zero-order valence-electron chi connectivity index (χ0n) is 31.5. The molecule has 8 aromatic rings. The van der Waals surface area contributed by atoms with Gasteiger partial charge in [-0.3, -0.25) is 10.6 Å². The largest absolute Gasteiger partial charge is 0.354 e. The molecule has 0 spiro atoms. The van der Waals surface area contributed by atoms with E-state index in [1.54, 1.807) is 0 Å². The van der Waals surface area contributed by atoms with Gasteiger partial charge in [0.05, 0.1) is 11.4 Å². The van der Waals surface area contributed by atoms with E-state index in [0.717, 1.165) is 30.5 Å². The van der Waals surface area contributed by atoms with Crippen LogP contribution in [0.25, 0.3) is 44.3 Å². The van der Waals surface area contributed by atoms with Crippen LogP contribution < -0.4 is 11.3 Å². The fourth-order valence-electron chi connectivity index (χ4n) is 8.18. The second-order valence-corrected chi connectivity index (χ2v) is 14.7. The van der Waals surface area contributed by atoms with Crippen LogP contribution >= 0.6 is 0 Å². The van der Waals surface area contributed by atoms with Gasteiger partial charge >= 0.3 is 0 Å². The van der Waals surface area contributed by atoms with Crippen molar-refractivity contribution in [3.63, 3.8) is 0 Å². The molecule has 0 bridgehead atoms. The number of nitrogens with two attached hydrogens (primary N) is 1. The van der Waals surface area contributed by atoms with Crippen molar-refractivity contribution in [3.05, 3.63) is 184 Å². The Hall–Kier alpha value is -6.17. The molecule has 0 unspecified atom stereocenters. The number of carbonyl (C=O) groups excluding carboxylic acids is 1. The van der Waals surface area contributed by atoms with Crippen LogP contribution in [0, 0.1) is 20.8 Å². The number of anilines is 1. The third-order valence-electron chi connectivity index (χ3n) is 11.0. The lowest BCUT2D eigenvalue weighted by molar-refractivity contribution is 0.0994. The van der Waals surface area contributed by atoms with Gasteiger partial charge in [0.15, 0.2) is 5.78 Å². The van der Waals surface area contributed by atoms with E-state index in [4.69, 9.17) is 5.84 Å². The number of Topliss-reactive ketones (excluding diaryl/α,β-unsaturated/α-hetero) is 1. The minimum atomic E-state index is 0.301. The van der Waals surface area contributed by atoms with Crippen molar-refractivity contribution in [1.82, 2.24) is 9.55 Å². The quantitative estimate of drug-likeness (QED) is 0.117. The minimum absolute atomic E-state index is 0.301. The topological polar surface area (TPSA) is 75.8 Å². The second-order valence-electron chi connectivity index (χ2n) is 14.7. The number of carbonyl (C=O) groups is 1. The van der Waals surface area contributed by atoms with Crippen molar-refractivity contribution in [1.29, 1.82) is 0 Å². The summed E-state index contributed by atoms with van der Waals surface area (Å²) in [5.41, 5.74) is 23.5. The summed E-state index contributed by atoms with van der Waals surface area (Å²) in [4.78, 5) is 14.6. The lowest BCUT2D eigenvalue weighted by Gasteiger charge is -2.04. The monoisotopic (exact) mass is 706 g/mol. The molecule has 0 radical (unpaired) electrons. The number of H-pyrrole nitrogens is 1. The number of hydrogen-bond acceptors (Lipinski definition) is 3. The molecule has 2 aromatic heterocycles. The number of aromatic nitrogens is 2. The number of nitrogens with one attached hydrogen (secondary N) is 2. The van der Waals surface area contributed by atoms with E-state index in [-0.39, 0.29) is 0 Å². The number of hydrazine groups is 1. The Morgan fingerprint density at radius 1 is 0.593 bits per heavy atom. The van der Waals surface area contributed by atoms with Crippen LogP contribution in [-0.4, -0.2) is 15.3 Å². The van der Waals surface area contributed by atoms with Crippen molar-refractivity contribution in [2.75, 3.05) is 5.43 Å². The van der Waals surface area contributed by atoms with Crippen LogP contribution in [0.2, 0.25) is 0 Å². The summed E-state index contributed by atoms with van der Waals surface area (Å²) in [6.07, 6.45) is 3.79. The molecule has 0 fully saturated rings. The predicted octanol–water partition coefficient (Wildman–Crippen LogP) is 11.2. The van der Waals surface area contributed by atoms with Crippen molar-refractivity contribution in [3.8, 4) is 22.5 Å². The molecular weight excluding hydrogens is 661 g/mol. The summed E-state index contributed by atoms with van der Waals surface area (Å²) in [5.74, 6) is 5.45. The van der Waals surface area contributed by atoms with Crippen LogP contribution in [0.5, 0.6) is 0 Å². The zero-order valence-corrected chi connectivity index (χ0v) is 31.5. The Balaban J connectivity index is 0.000000107. The predicted molar refractivity (Wildman–Crippen MR) is 225 cm³/mol. The highest BCUT2D eigenvalue weighted by Gasteiger charge is 2.25. The molecule has 268 valence electrons. The molecule has 54 heavy (non-hydrogen) atoms. The van der Waals surface area contributed by atoms with E-state index in [2.05, 4.69) is 121 Å². The number of aromatic amines is 1. The smallest absolute Gasteiger partial charge is 0.163 e. The van der Waals surface area contributed by atoms with E-state index in [0.29, 0.717) is 12.2 Å². The molecule has 11 rings (SSSR count). The van der Waals surface area contributed by atoms with Gasteiger partial charge in [0.1, 0.15) is 0 Å². The molecule has 3 aliphatic carbocycles. The van der Waals surface area contributed by atoms with Crippen LogP contribution in [0.15, 0.2) is 133 Å². The number of hydrogen-bond donors (Lipinski definition) is 3. The molecule has 5 nitrogen and oxygen atoms in total. The highest BCUT2D eigenvalue weighted by Crippen LogP contribution is 2.42. The van der Waals surface area contributed by atoms with E-state index in [9.17, 15) is 4.79 Å². The van der Waals surface area contributed by atoms with Gasteiger partial charge in [0.25, 0.3) is 0 Å². The maximum atomic E-state index is 11.1. The summed E-state index contributed by atoms with van der Waals surface area (Å²) >= 11 is 0. The van der Waals surface area contributed by atoms with Crippen LogP contribution in [0.3, 0.4) is 0 Å². The highest BCUT2D eigenvalue weighted by atomic mass is 16.1. The summed E-state index contributed by atoms with van der Waals surface area (Å²) in [6.45, 7) is 6.36. The third kappa shape index (κ3) is 6.63. The lowest BCUT2D eigenvalue weighted by Crippen LogP contribution is -2.05. The van der Waals surface area contributed by atoms with E-state index >= 15 is 0 Å². The molecule has 6 aromatic carbocycles. The maximum absolute atomic E-state index is 11.1. The van der Waals surface area contributed by atoms with Gasteiger partial charge in [0.2, 0.25) is 0 Å². The Morgan fingerprint density at radius 2 is 1.17 bits per heavy atom. The molecule has 0 aliphatic heterocycles. The first-order valence-electron chi connectivity index (χ1n) is 18.8. The first-order chi connectivity index (χ1) is 26.3. The van der Waals surface area contributed by atoms with Gasteiger partial charge in [-0.05, 0) is 91.4 Å². The Kier molecular flexibility index (Phi) is 9.49. The number of benzene rings is 6. The number of ketones is 1. The molecule has 4 N–H and O–H groups in total. The SMILES string of the molecule is Cc1ccc(NN)cc1.Cc1ccc2[nH]c3c(c2c1)Cc1ccccc1-3.Cc1ccc2c(c1)c1c(n2C)-c2ccccc2C1.O=C1CCc2ccccc21. The van der Waals surface area contributed by atoms with Crippen LogP contribution in [-0.2, 0) is 26.3 Å². The third-order valence-corrected chi connectivity index (χ3v) is 11.0. The second kappa shape index (κ2) is 14.7. The average Bonchev–Trinajstić information content (AvgIpc) is 4.00. The van der Waals surface area contributed by atoms with E-state index < -0.39 is 0 Å². The average molecular weight is 707 g/mol.